The Hall–Kier alpha value is -2.76. The van der Waals surface area contributed by atoms with Crippen LogP contribution in [-0.2, 0) is 0 Å². The van der Waals surface area contributed by atoms with Gasteiger partial charge in [-0.15, -0.1) is 0 Å². The first-order valence-corrected chi connectivity index (χ1v) is 5.03. The molecule has 0 spiro atoms. The topological polar surface area (TPSA) is 82.3 Å². The Morgan fingerprint density at radius 2 is 2.00 bits per heavy atom. The number of pyridine rings is 1. The smallest absolute Gasteiger partial charge is 0.314 e. The number of carbonyl (C=O) groups excluding carboxylic acids is 1. The summed E-state index contributed by atoms with van der Waals surface area (Å²) in [6.45, 7) is 0. The molecule has 0 bridgehead atoms. The molecule has 2 aromatic rings. The van der Waals surface area contributed by atoms with E-state index in [0.717, 1.165) is 0 Å². The molecule has 1 heterocycles. The second-order valence-corrected chi connectivity index (χ2v) is 3.36. The second kappa shape index (κ2) is 5.05. The molecule has 0 atom stereocenters. The number of para-hydroxylation sites is 1. The van der Waals surface area contributed by atoms with Gasteiger partial charge in [0.2, 0.25) is 5.75 Å². The number of nitro groups is 1. The van der Waals surface area contributed by atoms with Crippen molar-refractivity contribution >= 4 is 12.0 Å². The minimum absolute atomic E-state index is 0.00296. The Bertz CT molecular complexity index is 598. The van der Waals surface area contributed by atoms with Gasteiger partial charge in [0, 0.05) is 12.3 Å². The standard InChI is InChI=1S/C12H8N2O4/c15-8-9-3-1-2-4-11(9)18-12-7-13-6-5-10(12)14(16)17/h1-8H. The van der Waals surface area contributed by atoms with Gasteiger partial charge in [-0.1, -0.05) is 12.1 Å². The van der Waals surface area contributed by atoms with Gasteiger partial charge >= 0.3 is 5.69 Å². The number of hydrogen-bond donors (Lipinski definition) is 0. The van der Waals surface area contributed by atoms with E-state index >= 15 is 0 Å². The van der Waals surface area contributed by atoms with Gasteiger partial charge in [-0.25, -0.2) is 0 Å². The molecule has 1 aromatic heterocycles. The van der Waals surface area contributed by atoms with Gasteiger partial charge in [0.15, 0.2) is 6.29 Å². The van der Waals surface area contributed by atoms with Crippen LogP contribution in [-0.4, -0.2) is 16.2 Å². The van der Waals surface area contributed by atoms with Crippen LogP contribution < -0.4 is 4.74 Å². The van der Waals surface area contributed by atoms with Crippen LogP contribution in [0.25, 0.3) is 0 Å². The zero-order chi connectivity index (χ0) is 13.0. The van der Waals surface area contributed by atoms with Gasteiger partial charge in [0.25, 0.3) is 0 Å². The summed E-state index contributed by atoms with van der Waals surface area (Å²) in [5, 5.41) is 10.8. The van der Waals surface area contributed by atoms with Crippen LogP contribution >= 0.6 is 0 Å². The lowest BCUT2D eigenvalue weighted by Crippen LogP contribution is -1.95. The van der Waals surface area contributed by atoms with Crippen molar-refractivity contribution in [3.05, 3.63) is 58.4 Å². The lowest BCUT2D eigenvalue weighted by molar-refractivity contribution is -0.385. The lowest BCUT2D eigenvalue weighted by atomic mass is 10.2. The summed E-state index contributed by atoms with van der Waals surface area (Å²) in [6.07, 6.45) is 3.16. The molecule has 0 unspecified atom stereocenters. The van der Waals surface area contributed by atoms with Crippen molar-refractivity contribution < 1.29 is 14.5 Å². The maximum atomic E-state index is 10.8. The number of aromatic nitrogens is 1. The Morgan fingerprint density at radius 3 is 2.72 bits per heavy atom. The van der Waals surface area contributed by atoms with Gasteiger partial charge in [0.05, 0.1) is 16.7 Å². The van der Waals surface area contributed by atoms with Gasteiger partial charge in [0.1, 0.15) is 5.75 Å². The molecule has 0 aliphatic carbocycles. The lowest BCUT2D eigenvalue weighted by Gasteiger charge is -2.07. The Kier molecular flexibility index (Phi) is 3.29. The molecule has 0 aliphatic heterocycles. The van der Waals surface area contributed by atoms with E-state index in [1.807, 2.05) is 0 Å². The van der Waals surface area contributed by atoms with Crippen molar-refractivity contribution in [3.63, 3.8) is 0 Å². The SMILES string of the molecule is O=Cc1ccccc1Oc1cnccc1[N+](=O)[O-]. The summed E-state index contributed by atoms with van der Waals surface area (Å²) in [5.41, 5.74) is 0.112. The molecule has 90 valence electrons. The molecule has 0 aliphatic rings. The first-order chi connectivity index (χ1) is 8.72. The van der Waals surface area contributed by atoms with E-state index in [1.165, 1.54) is 18.5 Å². The number of hydrogen-bond acceptors (Lipinski definition) is 5. The average molecular weight is 244 g/mol. The highest BCUT2D eigenvalue weighted by Crippen LogP contribution is 2.31. The predicted molar refractivity (Wildman–Crippen MR) is 62.8 cm³/mol. The fourth-order valence-corrected chi connectivity index (χ4v) is 1.39. The highest BCUT2D eigenvalue weighted by molar-refractivity contribution is 5.79. The highest BCUT2D eigenvalue weighted by Gasteiger charge is 2.16. The third kappa shape index (κ3) is 2.32. The molecule has 0 N–H and O–H groups in total. The summed E-state index contributed by atoms with van der Waals surface area (Å²) in [7, 11) is 0. The summed E-state index contributed by atoms with van der Waals surface area (Å²) in [5.74, 6) is 0.250. The van der Waals surface area contributed by atoms with Gasteiger partial charge in [-0.2, -0.15) is 0 Å². The first kappa shape index (κ1) is 11.7. The molecule has 6 nitrogen and oxygen atoms in total. The van der Waals surface area contributed by atoms with Crippen molar-refractivity contribution in [2.24, 2.45) is 0 Å². The Balaban J connectivity index is 2.40. The van der Waals surface area contributed by atoms with E-state index in [0.29, 0.717) is 11.8 Å². The largest absolute Gasteiger partial charge is 0.448 e. The average Bonchev–Trinajstić information content (AvgIpc) is 2.40. The highest BCUT2D eigenvalue weighted by atomic mass is 16.6. The number of rotatable bonds is 4. The zero-order valence-corrected chi connectivity index (χ0v) is 9.15. The summed E-state index contributed by atoms with van der Waals surface area (Å²) < 4.78 is 5.36. The minimum Gasteiger partial charge on any atom is -0.448 e. The molecular formula is C12H8N2O4. The van der Waals surface area contributed by atoms with Crippen LogP contribution in [0.5, 0.6) is 11.5 Å². The van der Waals surface area contributed by atoms with Crippen LogP contribution in [0.1, 0.15) is 10.4 Å². The van der Waals surface area contributed by atoms with E-state index in [-0.39, 0.29) is 17.2 Å². The molecule has 2 rings (SSSR count). The monoisotopic (exact) mass is 244 g/mol. The first-order valence-electron chi connectivity index (χ1n) is 5.03. The fraction of sp³-hybridized carbons (Fsp3) is 0. The molecule has 18 heavy (non-hydrogen) atoms. The number of benzene rings is 1. The summed E-state index contributed by atoms with van der Waals surface area (Å²) in [6, 6.07) is 7.70. The molecule has 0 radical (unpaired) electrons. The third-order valence-corrected chi connectivity index (χ3v) is 2.23. The van der Waals surface area contributed by atoms with E-state index in [9.17, 15) is 14.9 Å². The number of ether oxygens (including phenoxy) is 1. The molecule has 0 saturated carbocycles. The zero-order valence-electron chi connectivity index (χ0n) is 9.15. The molecular weight excluding hydrogens is 236 g/mol. The Morgan fingerprint density at radius 1 is 1.22 bits per heavy atom. The van der Waals surface area contributed by atoms with Crippen LogP contribution in [0.15, 0.2) is 42.7 Å². The second-order valence-electron chi connectivity index (χ2n) is 3.36. The maximum absolute atomic E-state index is 10.8. The number of carbonyl (C=O) groups is 1. The summed E-state index contributed by atoms with van der Waals surface area (Å²) in [4.78, 5) is 24.8. The molecule has 1 aromatic carbocycles. The van der Waals surface area contributed by atoms with Crippen molar-refractivity contribution in [3.8, 4) is 11.5 Å². The van der Waals surface area contributed by atoms with Crippen molar-refractivity contribution in [1.29, 1.82) is 0 Å². The maximum Gasteiger partial charge on any atom is 0.314 e. The van der Waals surface area contributed by atoms with Crippen LogP contribution in [0.2, 0.25) is 0 Å². The fourth-order valence-electron chi connectivity index (χ4n) is 1.39. The van der Waals surface area contributed by atoms with Gasteiger partial charge < -0.3 is 4.74 Å². The Labute approximate surface area is 102 Å². The molecule has 6 heteroatoms. The number of nitrogens with zero attached hydrogens (tertiary/aromatic N) is 2. The van der Waals surface area contributed by atoms with Gasteiger partial charge in [-0.05, 0) is 12.1 Å². The van der Waals surface area contributed by atoms with Crippen LogP contribution in [0.4, 0.5) is 5.69 Å². The number of aldehydes is 1. The van der Waals surface area contributed by atoms with E-state index in [1.54, 1.807) is 24.3 Å². The predicted octanol–water partition coefficient (Wildman–Crippen LogP) is 2.59. The van der Waals surface area contributed by atoms with E-state index < -0.39 is 4.92 Å². The molecule has 0 amide bonds. The van der Waals surface area contributed by atoms with E-state index in [2.05, 4.69) is 4.98 Å². The van der Waals surface area contributed by atoms with E-state index in [4.69, 9.17) is 4.74 Å². The van der Waals surface area contributed by atoms with Crippen molar-refractivity contribution in [1.82, 2.24) is 4.98 Å². The van der Waals surface area contributed by atoms with Crippen LogP contribution in [0.3, 0.4) is 0 Å². The van der Waals surface area contributed by atoms with Gasteiger partial charge in [-0.3, -0.25) is 19.9 Å². The third-order valence-electron chi connectivity index (χ3n) is 2.23. The quantitative estimate of drug-likeness (QED) is 0.469. The van der Waals surface area contributed by atoms with Crippen molar-refractivity contribution in [2.45, 2.75) is 0 Å². The molecule has 0 fully saturated rings. The molecule has 0 saturated heterocycles. The minimum atomic E-state index is -0.569. The van der Waals surface area contributed by atoms with Crippen molar-refractivity contribution in [2.75, 3.05) is 0 Å². The summed E-state index contributed by atoms with van der Waals surface area (Å²) >= 11 is 0. The van der Waals surface area contributed by atoms with Crippen LogP contribution in [0, 0.1) is 10.1 Å². The normalized spacial score (nSPS) is 9.78.